The van der Waals surface area contributed by atoms with Crippen LogP contribution < -0.4 is 5.32 Å². The molecule has 0 aromatic carbocycles. The summed E-state index contributed by atoms with van der Waals surface area (Å²) in [4.78, 5) is 26.6. The maximum Gasteiger partial charge on any atom is 0.408 e. The zero-order chi connectivity index (χ0) is 15.9. The van der Waals surface area contributed by atoms with Crippen LogP contribution in [-0.2, 0) is 9.47 Å². The lowest BCUT2D eigenvalue weighted by molar-refractivity contribution is 0.0533. The Balaban J connectivity index is 2.56. The van der Waals surface area contributed by atoms with Crippen LogP contribution in [0.1, 0.15) is 36.8 Å². The largest absolute Gasteiger partial charge is 0.464 e. The molecule has 0 aliphatic heterocycles. The number of methoxy groups -OCH3 is 1. The van der Waals surface area contributed by atoms with Crippen LogP contribution in [0.15, 0.2) is 18.3 Å². The third-order valence-electron chi connectivity index (χ3n) is 2.11. The van der Waals surface area contributed by atoms with E-state index in [2.05, 4.69) is 26.9 Å². The number of ether oxygens (including phenoxy) is 2. The van der Waals surface area contributed by atoms with Gasteiger partial charge in [0.15, 0.2) is 0 Å². The third kappa shape index (κ3) is 6.43. The second kappa shape index (κ2) is 7.29. The van der Waals surface area contributed by atoms with E-state index in [1.165, 1.54) is 19.4 Å². The Morgan fingerprint density at radius 1 is 1.38 bits per heavy atom. The minimum Gasteiger partial charge on any atom is -0.464 e. The van der Waals surface area contributed by atoms with Gasteiger partial charge in [0, 0.05) is 11.8 Å². The summed E-state index contributed by atoms with van der Waals surface area (Å²) < 4.78 is 9.64. The molecule has 21 heavy (non-hydrogen) atoms. The number of rotatable bonds is 2. The van der Waals surface area contributed by atoms with Crippen molar-refractivity contribution in [3.63, 3.8) is 0 Å². The predicted molar refractivity (Wildman–Crippen MR) is 76.7 cm³/mol. The molecule has 0 spiro atoms. The molecule has 6 nitrogen and oxygen atoms in total. The quantitative estimate of drug-likeness (QED) is 0.663. The molecule has 0 radical (unpaired) electrons. The van der Waals surface area contributed by atoms with E-state index >= 15 is 0 Å². The van der Waals surface area contributed by atoms with Crippen molar-refractivity contribution in [2.75, 3.05) is 13.7 Å². The molecule has 112 valence electrons. The maximum absolute atomic E-state index is 11.4. The zero-order valence-electron chi connectivity index (χ0n) is 12.5. The van der Waals surface area contributed by atoms with Gasteiger partial charge in [-0.2, -0.15) is 0 Å². The van der Waals surface area contributed by atoms with E-state index in [1.807, 2.05) is 0 Å². The first-order chi connectivity index (χ1) is 9.81. The molecule has 0 bridgehead atoms. The van der Waals surface area contributed by atoms with Crippen LogP contribution in [0.5, 0.6) is 0 Å². The number of hydrogen-bond acceptors (Lipinski definition) is 5. The SMILES string of the molecule is COC(=O)c1cc(C#CCNC(=O)OC(C)(C)C)ccn1. The summed E-state index contributed by atoms with van der Waals surface area (Å²) in [5, 5.41) is 2.52. The molecule has 1 heterocycles. The number of pyridine rings is 1. The molecule has 0 aliphatic carbocycles. The van der Waals surface area contributed by atoms with E-state index in [4.69, 9.17) is 4.74 Å². The summed E-state index contributed by atoms with van der Waals surface area (Å²) in [7, 11) is 1.28. The standard InChI is InChI=1S/C15H18N2O4/c1-15(2,3)21-14(19)17-8-5-6-11-7-9-16-12(10-11)13(18)20-4/h7,9-10H,8H2,1-4H3,(H,17,19). The number of aromatic nitrogens is 1. The number of alkyl carbamates (subject to hydrolysis) is 1. The van der Waals surface area contributed by atoms with Crippen molar-refractivity contribution >= 4 is 12.1 Å². The lowest BCUT2D eigenvalue weighted by atomic mass is 10.2. The Kier molecular flexibility index (Phi) is 5.73. The zero-order valence-corrected chi connectivity index (χ0v) is 12.5. The molecule has 1 rings (SSSR count). The molecule has 6 heteroatoms. The second-order valence-corrected chi connectivity index (χ2v) is 5.08. The maximum atomic E-state index is 11.4. The highest BCUT2D eigenvalue weighted by molar-refractivity contribution is 5.87. The normalized spacial score (nSPS) is 10.1. The second-order valence-electron chi connectivity index (χ2n) is 5.08. The first-order valence-electron chi connectivity index (χ1n) is 6.32. The number of amides is 1. The fraction of sp³-hybridized carbons (Fsp3) is 0.400. The average molecular weight is 290 g/mol. The number of hydrogen-bond donors (Lipinski definition) is 1. The summed E-state index contributed by atoms with van der Waals surface area (Å²) >= 11 is 0. The summed E-state index contributed by atoms with van der Waals surface area (Å²) in [6.07, 6.45) is 0.944. The Labute approximate surface area is 123 Å². The average Bonchev–Trinajstić information content (AvgIpc) is 2.41. The minimum atomic E-state index is -0.544. The molecule has 1 amide bonds. The lowest BCUT2D eigenvalue weighted by Gasteiger charge is -2.18. The fourth-order valence-corrected chi connectivity index (χ4v) is 1.30. The molecule has 0 saturated heterocycles. The van der Waals surface area contributed by atoms with Gasteiger partial charge < -0.3 is 14.8 Å². The molecule has 0 unspecified atom stereocenters. The first kappa shape index (κ1) is 16.5. The van der Waals surface area contributed by atoms with Gasteiger partial charge >= 0.3 is 12.1 Å². The van der Waals surface area contributed by atoms with Crippen LogP contribution in [0.25, 0.3) is 0 Å². The first-order valence-corrected chi connectivity index (χ1v) is 6.32. The van der Waals surface area contributed by atoms with Gasteiger partial charge in [-0.05, 0) is 32.9 Å². The molecule has 1 aromatic rings. The summed E-state index contributed by atoms with van der Waals surface area (Å²) in [6.45, 7) is 5.49. The van der Waals surface area contributed by atoms with E-state index in [0.29, 0.717) is 5.56 Å². The van der Waals surface area contributed by atoms with Gasteiger partial charge in [-0.3, -0.25) is 0 Å². The van der Waals surface area contributed by atoms with Crippen molar-refractivity contribution in [1.29, 1.82) is 0 Å². The Morgan fingerprint density at radius 3 is 2.71 bits per heavy atom. The lowest BCUT2D eigenvalue weighted by Crippen LogP contribution is -2.32. The van der Waals surface area contributed by atoms with Crippen molar-refractivity contribution in [2.45, 2.75) is 26.4 Å². The molecule has 0 saturated carbocycles. The van der Waals surface area contributed by atoms with Crippen molar-refractivity contribution < 1.29 is 19.1 Å². The molecular weight excluding hydrogens is 272 g/mol. The van der Waals surface area contributed by atoms with E-state index in [1.54, 1.807) is 26.8 Å². The topological polar surface area (TPSA) is 77.5 Å². The van der Waals surface area contributed by atoms with E-state index < -0.39 is 17.7 Å². The molecular formula is C15H18N2O4. The summed E-state index contributed by atoms with van der Waals surface area (Å²) in [6, 6.07) is 3.18. The third-order valence-corrected chi connectivity index (χ3v) is 2.11. The van der Waals surface area contributed by atoms with Crippen LogP contribution in [-0.4, -0.2) is 36.3 Å². The molecule has 1 N–H and O–H groups in total. The van der Waals surface area contributed by atoms with Crippen molar-refractivity contribution in [1.82, 2.24) is 10.3 Å². The van der Waals surface area contributed by atoms with Gasteiger partial charge in [-0.15, -0.1) is 0 Å². The molecule has 0 aliphatic rings. The van der Waals surface area contributed by atoms with Crippen molar-refractivity contribution in [3.8, 4) is 11.8 Å². The molecule has 0 fully saturated rings. The van der Waals surface area contributed by atoms with E-state index in [0.717, 1.165) is 0 Å². The number of nitrogens with zero attached hydrogens (tertiary/aromatic N) is 1. The highest BCUT2D eigenvalue weighted by atomic mass is 16.6. The van der Waals surface area contributed by atoms with E-state index in [-0.39, 0.29) is 12.2 Å². The highest BCUT2D eigenvalue weighted by Gasteiger charge is 2.15. The van der Waals surface area contributed by atoms with Crippen LogP contribution in [0.4, 0.5) is 4.79 Å². The van der Waals surface area contributed by atoms with Crippen LogP contribution in [0.3, 0.4) is 0 Å². The number of nitrogens with one attached hydrogen (secondary N) is 1. The van der Waals surface area contributed by atoms with Crippen molar-refractivity contribution in [3.05, 3.63) is 29.6 Å². The summed E-state index contributed by atoms with van der Waals surface area (Å²) in [5.74, 6) is 5.05. The predicted octanol–water partition coefficient (Wildman–Crippen LogP) is 1.74. The van der Waals surface area contributed by atoms with Gasteiger partial charge in [0.2, 0.25) is 0 Å². The molecule has 0 atom stereocenters. The Bertz CT molecular complexity index is 579. The van der Waals surface area contributed by atoms with Gasteiger partial charge in [0.1, 0.15) is 11.3 Å². The van der Waals surface area contributed by atoms with Gasteiger partial charge in [0.25, 0.3) is 0 Å². The van der Waals surface area contributed by atoms with Crippen LogP contribution in [0.2, 0.25) is 0 Å². The van der Waals surface area contributed by atoms with Gasteiger partial charge in [-0.25, -0.2) is 14.6 Å². The smallest absolute Gasteiger partial charge is 0.408 e. The minimum absolute atomic E-state index is 0.144. The number of carbonyl (C=O) groups is 2. The van der Waals surface area contributed by atoms with Crippen LogP contribution in [0, 0.1) is 11.8 Å². The Morgan fingerprint density at radius 2 is 2.10 bits per heavy atom. The fourth-order valence-electron chi connectivity index (χ4n) is 1.30. The van der Waals surface area contributed by atoms with Gasteiger partial charge in [0.05, 0.1) is 13.7 Å². The highest BCUT2D eigenvalue weighted by Crippen LogP contribution is 2.06. The monoisotopic (exact) mass is 290 g/mol. The van der Waals surface area contributed by atoms with Gasteiger partial charge in [-0.1, -0.05) is 11.8 Å². The van der Waals surface area contributed by atoms with Crippen LogP contribution >= 0.6 is 0 Å². The summed E-state index contributed by atoms with van der Waals surface area (Å²) in [5.41, 5.74) is 0.249. The number of esters is 1. The van der Waals surface area contributed by atoms with Crippen molar-refractivity contribution in [2.24, 2.45) is 0 Å². The number of carbonyl (C=O) groups excluding carboxylic acids is 2. The molecule has 1 aromatic heterocycles. The Hall–Kier alpha value is -2.55. The van der Waals surface area contributed by atoms with E-state index in [9.17, 15) is 9.59 Å².